The Bertz CT molecular complexity index is 520. The number of aliphatic imine (C=N–C) groups is 1. The van der Waals surface area contributed by atoms with E-state index in [2.05, 4.69) is 25.8 Å². The summed E-state index contributed by atoms with van der Waals surface area (Å²) in [4.78, 5) is 6.65. The summed E-state index contributed by atoms with van der Waals surface area (Å²) in [6.45, 7) is 2.52. The summed E-state index contributed by atoms with van der Waals surface area (Å²) >= 11 is 3.54. The van der Waals surface area contributed by atoms with E-state index >= 15 is 0 Å². The fourth-order valence-corrected chi connectivity index (χ4v) is 2.85. The molecule has 0 unspecified atom stereocenters. The first-order chi connectivity index (χ1) is 10.2. The average molecular weight is 484 g/mol. The van der Waals surface area contributed by atoms with E-state index in [1.54, 1.807) is 14.2 Å². The molecule has 0 atom stereocenters. The maximum atomic E-state index is 6.08. The number of methoxy groups -OCH3 is 2. The van der Waals surface area contributed by atoms with Crippen molar-refractivity contribution in [3.63, 3.8) is 0 Å². The number of halogens is 2. The van der Waals surface area contributed by atoms with E-state index in [9.17, 15) is 0 Å². The van der Waals surface area contributed by atoms with Crippen LogP contribution in [0.25, 0.3) is 0 Å². The third-order valence-corrected chi connectivity index (χ3v) is 4.38. The van der Waals surface area contributed by atoms with Crippen LogP contribution in [0, 0.1) is 0 Å². The van der Waals surface area contributed by atoms with Crippen LogP contribution in [0.3, 0.4) is 0 Å². The molecule has 2 N–H and O–H groups in total. The van der Waals surface area contributed by atoms with Crippen LogP contribution in [0.4, 0.5) is 0 Å². The fourth-order valence-electron chi connectivity index (χ4n) is 2.41. The Morgan fingerprint density at radius 1 is 1.18 bits per heavy atom. The zero-order valence-corrected chi connectivity index (χ0v) is 16.9. The van der Waals surface area contributed by atoms with Crippen LogP contribution < -0.4 is 15.2 Å². The van der Waals surface area contributed by atoms with Crippen LogP contribution >= 0.6 is 39.9 Å². The second-order valence-corrected chi connectivity index (χ2v) is 5.88. The zero-order chi connectivity index (χ0) is 15.2. The molecule has 22 heavy (non-hydrogen) atoms. The molecule has 0 bridgehead atoms. The van der Waals surface area contributed by atoms with Gasteiger partial charge in [0.1, 0.15) is 0 Å². The van der Waals surface area contributed by atoms with E-state index in [1.165, 1.54) is 19.3 Å². The van der Waals surface area contributed by atoms with E-state index in [-0.39, 0.29) is 24.0 Å². The van der Waals surface area contributed by atoms with Gasteiger partial charge in [0.25, 0.3) is 0 Å². The number of benzene rings is 1. The fraction of sp³-hybridized carbons (Fsp3) is 0.533. The molecular formula is C15H23BrIN3O2. The van der Waals surface area contributed by atoms with Gasteiger partial charge in [0.15, 0.2) is 17.5 Å². The predicted molar refractivity (Wildman–Crippen MR) is 103 cm³/mol. The number of likely N-dealkylation sites (tertiary alicyclic amines) is 1. The van der Waals surface area contributed by atoms with Crippen LogP contribution in [-0.4, -0.2) is 38.2 Å². The monoisotopic (exact) mass is 483 g/mol. The SMILES string of the molecule is COc1cc(Br)c(CN=C(N)N2CCCCC2)cc1OC.I. The summed E-state index contributed by atoms with van der Waals surface area (Å²) in [7, 11) is 3.25. The molecule has 1 aliphatic heterocycles. The molecular weight excluding hydrogens is 461 g/mol. The molecule has 0 spiro atoms. The third kappa shape index (κ3) is 4.91. The van der Waals surface area contributed by atoms with Crippen LogP contribution in [0.5, 0.6) is 11.5 Å². The Balaban J connectivity index is 0.00000242. The summed E-state index contributed by atoms with van der Waals surface area (Å²) < 4.78 is 11.5. The maximum absolute atomic E-state index is 6.08. The van der Waals surface area contributed by atoms with Crippen molar-refractivity contribution in [3.05, 3.63) is 22.2 Å². The lowest BCUT2D eigenvalue weighted by Gasteiger charge is -2.27. The first-order valence-corrected chi connectivity index (χ1v) is 7.90. The van der Waals surface area contributed by atoms with Gasteiger partial charge in [-0.15, -0.1) is 24.0 Å². The topological polar surface area (TPSA) is 60.1 Å². The highest BCUT2D eigenvalue weighted by Gasteiger charge is 2.13. The molecule has 1 heterocycles. The maximum Gasteiger partial charge on any atom is 0.191 e. The van der Waals surface area contributed by atoms with Crippen molar-refractivity contribution in [2.24, 2.45) is 10.7 Å². The van der Waals surface area contributed by atoms with Crippen molar-refractivity contribution >= 4 is 45.9 Å². The molecule has 0 radical (unpaired) electrons. The molecule has 5 nitrogen and oxygen atoms in total. The summed E-state index contributed by atoms with van der Waals surface area (Å²) in [6, 6.07) is 3.82. The minimum atomic E-state index is 0. The Hall–Kier alpha value is -0.700. The smallest absolute Gasteiger partial charge is 0.191 e. The highest BCUT2D eigenvalue weighted by atomic mass is 127. The van der Waals surface area contributed by atoms with Gasteiger partial charge in [0.05, 0.1) is 20.8 Å². The molecule has 0 amide bonds. The number of piperidine rings is 1. The normalized spacial score (nSPS) is 15.2. The van der Waals surface area contributed by atoms with Gasteiger partial charge in [-0.25, -0.2) is 4.99 Å². The van der Waals surface area contributed by atoms with Crippen LogP contribution in [0.2, 0.25) is 0 Å². The number of nitrogens with two attached hydrogens (primary N) is 1. The molecule has 124 valence electrons. The largest absolute Gasteiger partial charge is 0.493 e. The Morgan fingerprint density at radius 2 is 1.77 bits per heavy atom. The average Bonchev–Trinajstić information content (AvgIpc) is 2.53. The first-order valence-electron chi connectivity index (χ1n) is 7.11. The van der Waals surface area contributed by atoms with Crippen molar-refractivity contribution in [2.45, 2.75) is 25.8 Å². The number of guanidine groups is 1. The molecule has 0 aromatic heterocycles. The van der Waals surface area contributed by atoms with E-state index in [4.69, 9.17) is 15.2 Å². The highest BCUT2D eigenvalue weighted by Crippen LogP contribution is 2.33. The summed E-state index contributed by atoms with van der Waals surface area (Å²) in [5, 5.41) is 0. The Labute approximate surface area is 157 Å². The molecule has 1 aromatic carbocycles. The van der Waals surface area contributed by atoms with Crippen molar-refractivity contribution in [2.75, 3.05) is 27.3 Å². The Morgan fingerprint density at radius 3 is 2.36 bits per heavy atom. The van der Waals surface area contributed by atoms with Crippen molar-refractivity contribution in [1.29, 1.82) is 0 Å². The summed E-state index contributed by atoms with van der Waals surface area (Å²) in [6.07, 6.45) is 3.66. The molecule has 0 saturated carbocycles. The van der Waals surface area contributed by atoms with E-state index < -0.39 is 0 Å². The number of ether oxygens (including phenoxy) is 2. The van der Waals surface area contributed by atoms with Gasteiger partial charge in [-0.1, -0.05) is 15.9 Å². The van der Waals surface area contributed by atoms with Gasteiger partial charge < -0.3 is 20.1 Å². The lowest BCUT2D eigenvalue weighted by molar-refractivity contribution is 0.338. The molecule has 0 aliphatic carbocycles. The minimum Gasteiger partial charge on any atom is -0.493 e. The van der Waals surface area contributed by atoms with Crippen molar-refractivity contribution in [1.82, 2.24) is 4.90 Å². The van der Waals surface area contributed by atoms with Gasteiger partial charge in [-0.3, -0.25) is 0 Å². The van der Waals surface area contributed by atoms with E-state index in [0.717, 1.165) is 23.1 Å². The standard InChI is InChI=1S/C15H22BrN3O2.HI/c1-20-13-8-11(12(16)9-14(13)21-2)10-18-15(17)19-6-4-3-5-7-19;/h8-9H,3-7,10H2,1-2H3,(H2,17,18);1H. The van der Waals surface area contributed by atoms with Gasteiger partial charge >= 0.3 is 0 Å². The lowest BCUT2D eigenvalue weighted by atomic mass is 10.1. The molecule has 2 rings (SSSR count). The highest BCUT2D eigenvalue weighted by molar-refractivity contribution is 14.0. The quantitative estimate of drug-likeness (QED) is 0.405. The van der Waals surface area contributed by atoms with E-state index in [0.29, 0.717) is 24.0 Å². The summed E-state index contributed by atoms with van der Waals surface area (Å²) in [5.74, 6) is 2.01. The second-order valence-electron chi connectivity index (χ2n) is 5.02. The molecule has 1 aliphatic rings. The minimum absolute atomic E-state index is 0. The number of nitrogens with zero attached hydrogens (tertiary/aromatic N) is 2. The lowest BCUT2D eigenvalue weighted by Crippen LogP contribution is -2.40. The predicted octanol–water partition coefficient (Wildman–Crippen LogP) is 3.38. The zero-order valence-electron chi connectivity index (χ0n) is 13.0. The van der Waals surface area contributed by atoms with Crippen molar-refractivity contribution < 1.29 is 9.47 Å². The van der Waals surface area contributed by atoms with Gasteiger partial charge in [-0.05, 0) is 37.0 Å². The number of hydrogen-bond donors (Lipinski definition) is 1. The van der Waals surface area contributed by atoms with Gasteiger partial charge in [0, 0.05) is 17.6 Å². The second kappa shape index (κ2) is 9.44. The van der Waals surface area contributed by atoms with Crippen LogP contribution in [0.1, 0.15) is 24.8 Å². The van der Waals surface area contributed by atoms with E-state index in [1.807, 2.05) is 12.1 Å². The Kier molecular flexibility index (Phi) is 8.30. The van der Waals surface area contributed by atoms with Crippen molar-refractivity contribution in [3.8, 4) is 11.5 Å². The molecule has 7 heteroatoms. The van der Waals surface area contributed by atoms with Crippen LogP contribution in [-0.2, 0) is 6.54 Å². The van der Waals surface area contributed by atoms with Gasteiger partial charge in [-0.2, -0.15) is 0 Å². The first kappa shape index (κ1) is 19.3. The molecule has 1 saturated heterocycles. The van der Waals surface area contributed by atoms with Crippen LogP contribution in [0.15, 0.2) is 21.6 Å². The summed E-state index contributed by atoms with van der Waals surface area (Å²) in [5.41, 5.74) is 7.10. The third-order valence-electron chi connectivity index (χ3n) is 3.64. The van der Waals surface area contributed by atoms with Gasteiger partial charge in [0.2, 0.25) is 0 Å². The number of hydrogen-bond acceptors (Lipinski definition) is 3. The number of rotatable bonds is 4. The molecule has 1 aromatic rings. The molecule has 1 fully saturated rings.